The maximum Gasteiger partial charge on any atom is 0.339 e. The van der Waals surface area contributed by atoms with Crippen molar-refractivity contribution < 1.29 is 18.3 Å². The summed E-state index contributed by atoms with van der Waals surface area (Å²) in [7, 11) is -3.12. The Kier molecular flexibility index (Phi) is 4.28. The predicted octanol–water partition coefficient (Wildman–Crippen LogP) is 0.933. The lowest BCUT2D eigenvalue weighted by molar-refractivity contribution is 0.0697. The first-order chi connectivity index (χ1) is 8.19. The summed E-state index contributed by atoms with van der Waals surface area (Å²) < 4.78 is 22.3. The molecular formula is C11H16N2O4S. The summed E-state index contributed by atoms with van der Waals surface area (Å²) in [5.74, 6) is -0.989. The van der Waals surface area contributed by atoms with Crippen LogP contribution in [-0.2, 0) is 9.84 Å². The monoisotopic (exact) mass is 272 g/mol. The molecule has 1 atom stereocenters. The molecule has 1 aromatic heterocycles. The van der Waals surface area contributed by atoms with Gasteiger partial charge in [-0.25, -0.2) is 18.2 Å². The molecular weight excluding hydrogens is 256 g/mol. The number of nitrogens with zero attached hydrogens (tertiary/aromatic N) is 1. The fraction of sp³-hybridized carbons (Fsp3) is 0.455. The fourth-order valence-electron chi connectivity index (χ4n) is 1.57. The van der Waals surface area contributed by atoms with Crippen LogP contribution in [-0.4, -0.2) is 42.5 Å². The van der Waals surface area contributed by atoms with Gasteiger partial charge in [-0.3, -0.25) is 0 Å². The smallest absolute Gasteiger partial charge is 0.339 e. The number of carbonyl (C=O) groups is 1. The van der Waals surface area contributed by atoms with Crippen molar-refractivity contribution in [3.63, 3.8) is 0 Å². The molecule has 1 aromatic rings. The van der Waals surface area contributed by atoms with E-state index in [4.69, 9.17) is 5.11 Å². The molecule has 100 valence electrons. The normalized spacial score (nSPS) is 13.1. The average Bonchev–Trinajstić information content (AvgIpc) is 2.13. The van der Waals surface area contributed by atoms with Gasteiger partial charge in [0.1, 0.15) is 21.2 Å². The van der Waals surface area contributed by atoms with Crippen molar-refractivity contribution in [1.29, 1.82) is 0 Å². The van der Waals surface area contributed by atoms with Crippen LogP contribution in [0.5, 0.6) is 0 Å². The molecule has 0 saturated carbocycles. The Labute approximate surface area is 106 Å². The zero-order chi connectivity index (χ0) is 13.9. The van der Waals surface area contributed by atoms with Crippen molar-refractivity contribution in [2.45, 2.75) is 19.9 Å². The SMILES string of the molecule is Cc1ccc(C(=O)O)c(NC(C)CS(C)(=O)=O)n1. The Morgan fingerprint density at radius 3 is 2.61 bits per heavy atom. The lowest BCUT2D eigenvalue weighted by Gasteiger charge is -2.15. The van der Waals surface area contributed by atoms with E-state index in [2.05, 4.69) is 10.3 Å². The summed E-state index contributed by atoms with van der Waals surface area (Å²) in [4.78, 5) is 15.1. The van der Waals surface area contributed by atoms with E-state index >= 15 is 0 Å². The van der Waals surface area contributed by atoms with Crippen LogP contribution < -0.4 is 5.32 Å². The Bertz CT molecular complexity index is 554. The van der Waals surface area contributed by atoms with Gasteiger partial charge in [0.25, 0.3) is 0 Å². The summed E-state index contributed by atoms with van der Waals surface area (Å²) in [6.45, 7) is 3.40. The van der Waals surface area contributed by atoms with Crippen molar-refractivity contribution in [2.75, 3.05) is 17.3 Å². The molecule has 6 nitrogen and oxygen atoms in total. The summed E-state index contributed by atoms with van der Waals surface area (Å²) in [5, 5.41) is 11.8. The second-order valence-electron chi connectivity index (χ2n) is 4.29. The van der Waals surface area contributed by atoms with Crippen LogP contribution in [0.2, 0.25) is 0 Å². The summed E-state index contributed by atoms with van der Waals surface area (Å²) in [6.07, 6.45) is 1.13. The fourth-order valence-corrected chi connectivity index (χ4v) is 2.56. The van der Waals surface area contributed by atoms with Gasteiger partial charge < -0.3 is 10.4 Å². The van der Waals surface area contributed by atoms with Crippen LogP contribution >= 0.6 is 0 Å². The van der Waals surface area contributed by atoms with Crippen LogP contribution in [0, 0.1) is 6.92 Å². The Morgan fingerprint density at radius 1 is 1.50 bits per heavy atom. The van der Waals surface area contributed by atoms with Crippen LogP contribution in [0.15, 0.2) is 12.1 Å². The van der Waals surface area contributed by atoms with Crippen molar-refractivity contribution in [3.05, 3.63) is 23.4 Å². The molecule has 1 heterocycles. The van der Waals surface area contributed by atoms with Crippen molar-refractivity contribution in [3.8, 4) is 0 Å². The van der Waals surface area contributed by atoms with E-state index in [1.165, 1.54) is 6.07 Å². The van der Waals surface area contributed by atoms with Gasteiger partial charge in [0, 0.05) is 18.0 Å². The lowest BCUT2D eigenvalue weighted by atomic mass is 10.2. The highest BCUT2D eigenvalue weighted by molar-refractivity contribution is 7.90. The largest absolute Gasteiger partial charge is 0.478 e. The predicted molar refractivity (Wildman–Crippen MR) is 68.7 cm³/mol. The molecule has 2 N–H and O–H groups in total. The van der Waals surface area contributed by atoms with Gasteiger partial charge in [0.15, 0.2) is 0 Å². The van der Waals surface area contributed by atoms with Gasteiger partial charge in [-0.05, 0) is 26.0 Å². The molecule has 0 bridgehead atoms. The molecule has 0 fully saturated rings. The third-order valence-electron chi connectivity index (χ3n) is 2.20. The zero-order valence-corrected chi connectivity index (χ0v) is 11.3. The first-order valence-electron chi connectivity index (χ1n) is 5.34. The molecule has 0 aliphatic rings. The van der Waals surface area contributed by atoms with Gasteiger partial charge in [-0.1, -0.05) is 0 Å². The highest BCUT2D eigenvalue weighted by Gasteiger charge is 2.16. The second-order valence-corrected chi connectivity index (χ2v) is 6.48. The molecule has 1 unspecified atom stereocenters. The average molecular weight is 272 g/mol. The summed E-state index contributed by atoms with van der Waals surface area (Å²) in [5.41, 5.74) is 0.690. The minimum absolute atomic E-state index is 0.0287. The molecule has 0 amide bonds. The quantitative estimate of drug-likeness (QED) is 0.828. The van der Waals surface area contributed by atoms with Gasteiger partial charge in [0.05, 0.1) is 5.75 Å². The Morgan fingerprint density at radius 2 is 2.11 bits per heavy atom. The number of aromatic nitrogens is 1. The molecule has 0 radical (unpaired) electrons. The molecule has 0 aromatic carbocycles. The minimum atomic E-state index is -3.12. The van der Waals surface area contributed by atoms with Crippen molar-refractivity contribution in [2.24, 2.45) is 0 Å². The van der Waals surface area contributed by atoms with E-state index in [0.29, 0.717) is 5.69 Å². The van der Waals surface area contributed by atoms with E-state index in [9.17, 15) is 13.2 Å². The molecule has 1 rings (SSSR count). The minimum Gasteiger partial charge on any atom is -0.478 e. The molecule has 7 heteroatoms. The Hall–Kier alpha value is -1.63. The topological polar surface area (TPSA) is 96.4 Å². The number of rotatable bonds is 5. The summed E-state index contributed by atoms with van der Waals surface area (Å²) >= 11 is 0. The lowest BCUT2D eigenvalue weighted by Crippen LogP contribution is -2.26. The molecule has 0 aliphatic heterocycles. The van der Waals surface area contributed by atoms with Crippen LogP contribution in [0.25, 0.3) is 0 Å². The molecule has 18 heavy (non-hydrogen) atoms. The van der Waals surface area contributed by atoms with E-state index in [1.54, 1.807) is 19.9 Å². The number of hydrogen-bond donors (Lipinski definition) is 2. The molecule has 0 spiro atoms. The number of carboxylic acid groups (broad SMARTS) is 1. The summed E-state index contributed by atoms with van der Waals surface area (Å²) in [6, 6.07) is 2.63. The van der Waals surface area contributed by atoms with E-state index < -0.39 is 21.8 Å². The number of aromatic carboxylic acids is 1. The van der Waals surface area contributed by atoms with Gasteiger partial charge >= 0.3 is 5.97 Å². The van der Waals surface area contributed by atoms with Gasteiger partial charge in [-0.2, -0.15) is 0 Å². The van der Waals surface area contributed by atoms with Crippen molar-refractivity contribution in [1.82, 2.24) is 4.98 Å². The van der Waals surface area contributed by atoms with E-state index in [1.807, 2.05) is 0 Å². The highest BCUT2D eigenvalue weighted by Crippen LogP contribution is 2.15. The maximum absolute atomic E-state index is 11.1. The number of pyridine rings is 1. The Balaban J connectivity index is 2.96. The van der Waals surface area contributed by atoms with Crippen LogP contribution in [0.4, 0.5) is 5.82 Å². The highest BCUT2D eigenvalue weighted by atomic mass is 32.2. The number of anilines is 1. The standard InChI is InChI=1S/C11H16N2O4S/c1-7-4-5-9(11(14)15)10(12-7)13-8(2)6-18(3,16)17/h4-5,8H,6H2,1-3H3,(H,12,13)(H,14,15). The second kappa shape index (κ2) is 5.34. The zero-order valence-electron chi connectivity index (χ0n) is 10.5. The number of nitrogens with one attached hydrogen (secondary N) is 1. The first kappa shape index (κ1) is 14.4. The number of sulfone groups is 1. The molecule has 0 saturated heterocycles. The van der Waals surface area contributed by atoms with E-state index in [-0.39, 0.29) is 17.1 Å². The number of aryl methyl sites for hydroxylation is 1. The van der Waals surface area contributed by atoms with Gasteiger partial charge in [-0.15, -0.1) is 0 Å². The first-order valence-corrected chi connectivity index (χ1v) is 7.40. The van der Waals surface area contributed by atoms with Gasteiger partial charge in [0.2, 0.25) is 0 Å². The van der Waals surface area contributed by atoms with Crippen LogP contribution in [0.3, 0.4) is 0 Å². The third-order valence-corrected chi connectivity index (χ3v) is 3.31. The maximum atomic E-state index is 11.1. The molecule has 0 aliphatic carbocycles. The van der Waals surface area contributed by atoms with Crippen molar-refractivity contribution >= 4 is 21.6 Å². The van der Waals surface area contributed by atoms with Crippen LogP contribution in [0.1, 0.15) is 23.0 Å². The number of hydrogen-bond acceptors (Lipinski definition) is 5. The number of carboxylic acids is 1. The third kappa shape index (κ3) is 4.33. The van der Waals surface area contributed by atoms with E-state index in [0.717, 1.165) is 6.26 Å².